The highest BCUT2D eigenvalue weighted by Gasteiger charge is 2.28. The molecule has 98 valence electrons. The maximum Gasteiger partial charge on any atom is 0.272 e. The fourth-order valence-electron chi connectivity index (χ4n) is 2.11. The van der Waals surface area contributed by atoms with E-state index >= 15 is 0 Å². The molecule has 0 spiro atoms. The molecule has 2 rings (SSSR count). The monoisotopic (exact) mass is 248 g/mol. The van der Waals surface area contributed by atoms with Crippen molar-refractivity contribution in [2.75, 3.05) is 18.5 Å². The first-order valence-corrected chi connectivity index (χ1v) is 6.25. The van der Waals surface area contributed by atoms with Gasteiger partial charge < -0.3 is 10.3 Å². The van der Waals surface area contributed by atoms with E-state index in [1.54, 1.807) is 18.2 Å². The number of hydrazine groups is 1. The van der Waals surface area contributed by atoms with E-state index < -0.39 is 0 Å². The number of nitrogens with two attached hydrogens (primary N) is 1. The normalized spacial score (nSPS) is 18.5. The zero-order chi connectivity index (χ0) is 13.2. The van der Waals surface area contributed by atoms with Gasteiger partial charge in [0.15, 0.2) is 0 Å². The largest absolute Gasteiger partial charge is 0.337 e. The number of nitrogens with zero attached hydrogens (tertiary/aromatic N) is 2. The van der Waals surface area contributed by atoms with Crippen molar-refractivity contribution in [3.05, 3.63) is 23.9 Å². The summed E-state index contributed by atoms with van der Waals surface area (Å²) in [5.41, 5.74) is 3.24. The molecule has 0 aromatic carbocycles. The zero-order valence-corrected chi connectivity index (χ0v) is 10.9. The summed E-state index contributed by atoms with van der Waals surface area (Å²) in [6.45, 7) is 6.08. The summed E-state index contributed by atoms with van der Waals surface area (Å²) < 4.78 is 0. The van der Waals surface area contributed by atoms with Gasteiger partial charge in [0.25, 0.3) is 5.91 Å². The molecule has 5 nitrogen and oxygen atoms in total. The van der Waals surface area contributed by atoms with Crippen LogP contribution in [-0.4, -0.2) is 28.9 Å². The molecule has 0 atom stereocenters. The van der Waals surface area contributed by atoms with Crippen molar-refractivity contribution in [2.24, 2.45) is 11.3 Å². The van der Waals surface area contributed by atoms with E-state index in [0.717, 1.165) is 25.9 Å². The highest BCUT2D eigenvalue weighted by atomic mass is 16.2. The number of hydrogen-bond donors (Lipinski definition) is 2. The van der Waals surface area contributed by atoms with Gasteiger partial charge in [0, 0.05) is 13.1 Å². The van der Waals surface area contributed by atoms with Gasteiger partial charge in [-0.15, -0.1) is 0 Å². The van der Waals surface area contributed by atoms with Crippen molar-refractivity contribution in [3.8, 4) is 0 Å². The van der Waals surface area contributed by atoms with E-state index in [1.807, 2.05) is 4.90 Å². The first-order valence-electron chi connectivity index (χ1n) is 6.25. The van der Waals surface area contributed by atoms with E-state index in [1.165, 1.54) is 0 Å². The molecule has 1 fully saturated rings. The number of nitrogens with one attached hydrogen (secondary N) is 1. The van der Waals surface area contributed by atoms with Crippen LogP contribution in [0, 0.1) is 5.41 Å². The highest BCUT2D eigenvalue weighted by molar-refractivity contribution is 5.92. The van der Waals surface area contributed by atoms with Crippen molar-refractivity contribution in [2.45, 2.75) is 26.7 Å². The molecular weight excluding hydrogens is 228 g/mol. The topological polar surface area (TPSA) is 71.2 Å². The molecule has 0 radical (unpaired) electrons. The second-order valence-corrected chi connectivity index (χ2v) is 5.51. The Morgan fingerprint density at radius 3 is 2.67 bits per heavy atom. The number of amides is 1. The quantitative estimate of drug-likeness (QED) is 0.616. The van der Waals surface area contributed by atoms with Crippen molar-refractivity contribution < 1.29 is 4.79 Å². The Balaban J connectivity index is 2.07. The number of carbonyl (C=O) groups is 1. The standard InChI is InChI=1S/C13H20N4O/c1-13(2)6-8-17(9-7-13)12(18)10-4-3-5-11(15-10)16-14/h3-5H,6-9,14H2,1-2H3,(H,15,16). The Morgan fingerprint density at radius 1 is 1.39 bits per heavy atom. The molecule has 2 heterocycles. The molecule has 0 saturated carbocycles. The average Bonchev–Trinajstić information content (AvgIpc) is 2.38. The minimum absolute atomic E-state index is 0.0115. The van der Waals surface area contributed by atoms with Crippen LogP contribution in [0.25, 0.3) is 0 Å². The van der Waals surface area contributed by atoms with E-state index in [9.17, 15) is 4.79 Å². The van der Waals surface area contributed by atoms with E-state index in [-0.39, 0.29) is 5.91 Å². The lowest BCUT2D eigenvalue weighted by Crippen LogP contribution is -2.41. The molecule has 1 aliphatic heterocycles. The Kier molecular flexibility index (Phi) is 3.52. The average molecular weight is 248 g/mol. The second kappa shape index (κ2) is 4.94. The molecule has 18 heavy (non-hydrogen) atoms. The number of pyridine rings is 1. The fraction of sp³-hybridized carbons (Fsp3) is 0.538. The lowest BCUT2D eigenvalue weighted by Gasteiger charge is -2.36. The number of likely N-dealkylation sites (tertiary alicyclic amines) is 1. The van der Waals surface area contributed by atoms with Crippen LogP contribution in [0.5, 0.6) is 0 Å². The summed E-state index contributed by atoms with van der Waals surface area (Å²) in [5, 5.41) is 0. The van der Waals surface area contributed by atoms with Crippen molar-refractivity contribution in [1.82, 2.24) is 9.88 Å². The molecule has 5 heteroatoms. The van der Waals surface area contributed by atoms with Crippen molar-refractivity contribution in [3.63, 3.8) is 0 Å². The number of hydrogen-bond acceptors (Lipinski definition) is 4. The van der Waals surface area contributed by atoms with Crippen molar-refractivity contribution in [1.29, 1.82) is 0 Å². The minimum atomic E-state index is -0.0115. The van der Waals surface area contributed by atoms with Crippen LogP contribution < -0.4 is 11.3 Å². The van der Waals surface area contributed by atoms with Gasteiger partial charge >= 0.3 is 0 Å². The third-order valence-electron chi connectivity index (χ3n) is 3.52. The van der Waals surface area contributed by atoms with E-state index in [0.29, 0.717) is 16.9 Å². The van der Waals surface area contributed by atoms with Crippen LogP contribution in [0.2, 0.25) is 0 Å². The number of anilines is 1. The molecule has 0 bridgehead atoms. The SMILES string of the molecule is CC1(C)CCN(C(=O)c2cccc(NN)n2)CC1. The van der Waals surface area contributed by atoms with Crippen LogP contribution in [0.15, 0.2) is 18.2 Å². The van der Waals surface area contributed by atoms with Gasteiger partial charge in [-0.2, -0.15) is 0 Å². The summed E-state index contributed by atoms with van der Waals surface area (Å²) in [4.78, 5) is 18.3. The van der Waals surface area contributed by atoms with Crippen LogP contribution in [0.1, 0.15) is 37.2 Å². The first-order chi connectivity index (χ1) is 8.52. The van der Waals surface area contributed by atoms with Crippen LogP contribution in [-0.2, 0) is 0 Å². The predicted molar refractivity (Wildman–Crippen MR) is 71.0 cm³/mol. The van der Waals surface area contributed by atoms with Crippen LogP contribution in [0.4, 0.5) is 5.82 Å². The first kappa shape index (κ1) is 12.8. The summed E-state index contributed by atoms with van der Waals surface area (Å²) in [5.74, 6) is 5.80. The molecular formula is C13H20N4O. The van der Waals surface area contributed by atoms with Crippen molar-refractivity contribution >= 4 is 11.7 Å². The fourth-order valence-corrected chi connectivity index (χ4v) is 2.11. The second-order valence-electron chi connectivity index (χ2n) is 5.51. The third kappa shape index (κ3) is 2.79. The summed E-state index contributed by atoms with van der Waals surface area (Å²) >= 11 is 0. The van der Waals surface area contributed by atoms with Gasteiger partial charge in [-0.25, -0.2) is 10.8 Å². The number of rotatable bonds is 2. The van der Waals surface area contributed by atoms with Gasteiger partial charge in [-0.1, -0.05) is 19.9 Å². The Labute approximate surface area is 107 Å². The maximum absolute atomic E-state index is 12.3. The Hall–Kier alpha value is -1.62. The predicted octanol–water partition coefficient (Wildman–Crippen LogP) is 1.63. The van der Waals surface area contributed by atoms with E-state index in [2.05, 4.69) is 24.3 Å². The number of nitrogen functional groups attached to an aromatic ring is 1. The van der Waals surface area contributed by atoms with Gasteiger partial charge in [0.1, 0.15) is 11.5 Å². The molecule has 1 aromatic rings. The van der Waals surface area contributed by atoms with Gasteiger partial charge in [-0.05, 0) is 30.4 Å². The summed E-state index contributed by atoms with van der Waals surface area (Å²) in [6, 6.07) is 5.24. The molecule has 0 unspecified atom stereocenters. The summed E-state index contributed by atoms with van der Waals surface area (Å²) in [7, 11) is 0. The van der Waals surface area contributed by atoms with Crippen LogP contribution in [0.3, 0.4) is 0 Å². The Bertz CT molecular complexity index is 434. The Morgan fingerprint density at radius 2 is 2.06 bits per heavy atom. The highest BCUT2D eigenvalue weighted by Crippen LogP contribution is 2.30. The molecule has 1 aromatic heterocycles. The zero-order valence-electron chi connectivity index (χ0n) is 10.9. The van der Waals surface area contributed by atoms with Gasteiger partial charge in [0.2, 0.25) is 0 Å². The molecule has 1 aliphatic rings. The number of aromatic nitrogens is 1. The number of carbonyl (C=O) groups excluding carboxylic acids is 1. The lowest BCUT2D eigenvalue weighted by molar-refractivity contribution is 0.0624. The molecule has 0 aliphatic carbocycles. The minimum Gasteiger partial charge on any atom is -0.337 e. The summed E-state index contributed by atoms with van der Waals surface area (Å²) in [6.07, 6.45) is 2.07. The third-order valence-corrected chi connectivity index (χ3v) is 3.52. The number of piperidine rings is 1. The molecule has 1 amide bonds. The van der Waals surface area contributed by atoms with E-state index in [4.69, 9.17) is 5.84 Å². The smallest absolute Gasteiger partial charge is 0.272 e. The molecule has 3 N–H and O–H groups in total. The molecule has 1 saturated heterocycles. The lowest BCUT2D eigenvalue weighted by atomic mass is 9.82. The maximum atomic E-state index is 12.3. The van der Waals surface area contributed by atoms with Crippen LogP contribution >= 0.6 is 0 Å². The van der Waals surface area contributed by atoms with Gasteiger partial charge in [0.05, 0.1) is 0 Å². The van der Waals surface area contributed by atoms with Gasteiger partial charge in [-0.3, -0.25) is 4.79 Å².